The van der Waals surface area contributed by atoms with Gasteiger partial charge in [-0.05, 0) is 35.0 Å². The van der Waals surface area contributed by atoms with Crippen molar-refractivity contribution in [3.63, 3.8) is 0 Å². The van der Waals surface area contributed by atoms with E-state index in [1.807, 2.05) is 13.0 Å². The number of hydrogen-bond donors (Lipinski definition) is 0. The molecule has 0 saturated carbocycles. The Morgan fingerprint density at radius 3 is 2.75 bits per heavy atom. The number of benzene rings is 1. The molecule has 1 aromatic carbocycles. The maximum atomic E-state index is 12.7. The number of hydrogen-bond acceptors (Lipinski definition) is 3. The second-order valence-corrected chi connectivity index (χ2v) is 6.18. The van der Waals surface area contributed by atoms with E-state index in [1.54, 1.807) is 29.4 Å². The third-order valence-corrected chi connectivity index (χ3v) is 4.18. The van der Waals surface area contributed by atoms with Gasteiger partial charge in [0, 0.05) is 16.9 Å². The molecule has 1 aliphatic heterocycles. The molecule has 0 bridgehead atoms. The molecule has 106 valence electrons. The summed E-state index contributed by atoms with van der Waals surface area (Å²) >= 11 is 6.83. The lowest BCUT2D eigenvalue weighted by atomic mass is 9.96. The van der Waals surface area contributed by atoms with E-state index in [4.69, 9.17) is 4.74 Å². The van der Waals surface area contributed by atoms with E-state index in [2.05, 4.69) is 36.8 Å². The van der Waals surface area contributed by atoms with Crippen LogP contribution in [0.4, 0.5) is 0 Å². The first-order valence-corrected chi connectivity index (χ1v) is 7.34. The van der Waals surface area contributed by atoms with Crippen molar-refractivity contribution >= 4 is 50.1 Å². The van der Waals surface area contributed by atoms with Gasteiger partial charge in [0.25, 0.3) is 0 Å². The zero-order valence-corrected chi connectivity index (χ0v) is 14.4. The predicted molar refractivity (Wildman–Crippen MR) is 84.8 cm³/mol. The lowest BCUT2D eigenvalue weighted by Gasteiger charge is -2.31. The fourth-order valence-corrected chi connectivity index (χ4v) is 3.62. The molecular weight excluding hydrogens is 411 g/mol. The summed E-state index contributed by atoms with van der Waals surface area (Å²) in [7, 11) is 0. The standard InChI is InChI=1S/C13H10Br2N2O2.ClH/c1-7-11(17-3-2-16-6-17)12(18)9-4-8(14)5-10(15)13(9)19-7;/h2-7,11H,1H3;1H. The Hall–Kier alpha value is -0.850. The van der Waals surface area contributed by atoms with Crippen LogP contribution >= 0.6 is 44.3 Å². The number of rotatable bonds is 1. The first kappa shape index (κ1) is 15.5. The second-order valence-electron chi connectivity index (χ2n) is 4.41. The highest BCUT2D eigenvalue weighted by Gasteiger charge is 2.36. The normalized spacial score (nSPS) is 20.9. The van der Waals surface area contributed by atoms with E-state index in [-0.39, 0.29) is 30.3 Å². The minimum Gasteiger partial charge on any atom is -0.486 e. The Morgan fingerprint density at radius 2 is 2.10 bits per heavy atom. The zero-order chi connectivity index (χ0) is 13.6. The summed E-state index contributed by atoms with van der Waals surface area (Å²) < 4.78 is 9.29. The predicted octanol–water partition coefficient (Wildman–Crippen LogP) is 4.03. The van der Waals surface area contributed by atoms with Crippen LogP contribution in [-0.2, 0) is 0 Å². The molecule has 1 aliphatic rings. The molecule has 0 amide bonds. The molecule has 2 heterocycles. The highest BCUT2D eigenvalue weighted by atomic mass is 79.9. The minimum atomic E-state index is -0.379. The molecule has 4 nitrogen and oxygen atoms in total. The summed E-state index contributed by atoms with van der Waals surface area (Å²) in [6, 6.07) is 3.28. The monoisotopic (exact) mass is 420 g/mol. The van der Waals surface area contributed by atoms with Gasteiger partial charge in [-0.1, -0.05) is 15.9 Å². The van der Waals surface area contributed by atoms with Crippen molar-refractivity contribution in [3.8, 4) is 5.75 Å². The van der Waals surface area contributed by atoms with Gasteiger partial charge in [0.05, 0.1) is 16.4 Å². The van der Waals surface area contributed by atoms with Gasteiger partial charge < -0.3 is 9.30 Å². The van der Waals surface area contributed by atoms with Gasteiger partial charge in [0.1, 0.15) is 17.9 Å². The van der Waals surface area contributed by atoms with Gasteiger partial charge in [0.15, 0.2) is 5.78 Å². The van der Waals surface area contributed by atoms with Crippen molar-refractivity contribution in [3.05, 3.63) is 45.4 Å². The number of Topliss-reactive ketones (excluding diaryl/α,β-unsaturated/α-hetero) is 1. The van der Waals surface area contributed by atoms with Crippen LogP contribution in [0.25, 0.3) is 0 Å². The molecule has 0 fully saturated rings. The molecule has 7 heteroatoms. The number of ether oxygens (including phenoxy) is 1. The quantitative estimate of drug-likeness (QED) is 0.697. The van der Waals surface area contributed by atoms with Crippen LogP contribution < -0.4 is 4.74 Å². The molecule has 0 N–H and O–H groups in total. The fraction of sp³-hybridized carbons (Fsp3) is 0.231. The first-order valence-electron chi connectivity index (χ1n) is 5.75. The number of ketones is 1. The zero-order valence-electron chi connectivity index (χ0n) is 10.4. The molecule has 2 unspecified atom stereocenters. The van der Waals surface area contributed by atoms with Crippen LogP contribution in [0.2, 0.25) is 0 Å². The summed E-state index contributed by atoms with van der Waals surface area (Å²) in [5, 5.41) is 0. The van der Waals surface area contributed by atoms with E-state index in [0.29, 0.717) is 11.3 Å². The van der Waals surface area contributed by atoms with Crippen molar-refractivity contribution < 1.29 is 9.53 Å². The SMILES string of the molecule is CC1Oc2c(Br)cc(Br)cc2C(=O)C1n1ccnc1.Cl. The average molecular weight is 423 g/mol. The summed E-state index contributed by atoms with van der Waals surface area (Å²) in [6.07, 6.45) is 4.83. The van der Waals surface area contributed by atoms with Gasteiger partial charge in [-0.2, -0.15) is 0 Å². The van der Waals surface area contributed by atoms with Crippen molar-refractivity contribution in [1.82, 2.24) is 9.55 Å². The average Bonchev–Trinajstić information content (AvgIpc) is 2.85. The third-order valence-electron chi connectivity index (χ3n) is 3.14. The molecule has 20 heavy (non-hydrogen) atoms. The number of fused-ring (bicyclic) bond motifs is 1. The number of nitrogens with zero attached hydrogens (tertiary/aromatic N) is 2. The van der Waals surface area contributed by atoms with Crippen LogP contribution in [0.5, 0.6) is 5.75 Å². The Kier molecular flexibility index (Phi) is 4.56. The number of carbonyl (C=O) groups is 1. The van der Waals surface area contributed by atoms with E-state index < -0.39 is 0 Å². The van der Waals surface area contributed by atoms with Crippen molar-refractivity contribution in [1.29, 1.82) is 0 Å². The van der Waals surface area contributed by atoms with Crippen LogP contribution in [0.1, 0.15) is 23.3 Å². The summed E-state index contributed by atoms with van der Waals surface area (Å²) in [5.74, 6) is 0.644. The maximum Gasteiger partial charge on any atom is 0.193 e. The van der Waals surface area contributed by atoms with Gasteiger partial charge in [-0.3, -0.25) is 4.79 Å². The summed E-state index contributed by atoms with van der Waals surface area (Å²) in [4.78, 5) is 16.7. The second kappa shape index (κ2) is 5.87. The number of imidazole rings is 1. The smallest absolute Gasteiger partial charge is 0.193 e. The summed E-state index contributed by atoms with van der Waals surface area (Å²) in [5.41, 5.74) is 0.582. The van der Waals surface area contributed by atoms with E-state index in [1.165, 1.54) is 0 Å². The van der Waals surface area contributed by atoms with Crippen molar-refractivity contribution in [2.45, 2.75) is 19.1 Å². The highest BCUT2D eigenvalue weighted by molar-refractivity contribution is 9.11. The highest BCUT2D eigenvalue weighted by Crippen LogP contribution is 2.40. The van der Waals surface area contributed by atoms with Crippen molar-refractivity contribution in [2.24, 2.45) is 0 Å². The Balaban J connectivity index is 0.00000147. The molecule has 1 aromatic heterocycles. The first-order chi connectivity index (χ1) is 9.08. The van der Waals surface area contributed by atoms with E-state index in [0.717, 1.165) is 8.95 Å². The van der Waals surface area contributed by atoms with E-state index >= 15 is 0 Å². The van der Waals surface area contributed by atoms with Crippen LogP contribution in [0.15, 0.2) is 39.8 Å². The van der Waals surface area contributed by atoms with Gasteiger partial charge >= 0.3 is 0 Å². The minimum absolute atomic E-state index is 0. The number of carbonyl (C=O) groups excluding carboxylic acids is 1. The van der Waals surface area contributed by atoms with Crippen LogP contribution in [0, 0.1) is 0 Å². The molecule has 0 radical (unpaired) electrons. The number of aromatic nitrogens is 2. The van der Waals surface area contributed by atoms with Crippen LogP contribution in [-0.4, -0.2) is 21.4 Å². The molecule has 0 saturated heterocycles. The summed E-state index contributed by atoms with van der Waals surface area (Å²) in [6.45, 7) is 1.89. The lowest BCUT2D eigenvalue weighted by Crippen LogP contribution is -2.37. The fourth-order valence-electron chi connectivity index (χ4n) is 2.30. The van der Waals surface area contributed by atoms with Gasteiger partial charge in [0.2, 0.25) is 0 Å². The molecule has 0 spiro atoms. The van der Waals surface area contributed by atoms with E-state index in [9.17, 15) is 4.79 Å². The maximum absolute atomic E-state index is 12.7. The van der Waals surface area contributed by atoms with Gasteiger partial charge in [-0.25, -0.2) is 4.98 Å². The van der Waals surface area contributed by atoms with Crippen molar-refractivity contribution in [2.75, 3.05) is 0 Å². The molecule has 2 aromatic rings. The molecular formula is C13H11Br2ClN2O2. The third kappa shape index (κ3) is 2.52. The molecule has 0 aliphatic carbocycles. The van der Waals surface area contributed by atoms with Crippen LogP contribution in [0.3, 0.4) is 0 Å². The largest absolute Gasteiger partial charge is 0.486 e. The molecule has 3 rings (SSSR count). The Morgan fingerprint density at radius 1 is 1.35 bits per heavy atom. The van der Waals surface area contributed by atoms with Gasteiger partial charge in [-0.15, -0.1) is 12.4 Å². The number of halogens is 3. The Labute approximate surface area is 139 Å². The Bertz CT molecular complexity index is 646. The topological polar surface area (TPSA) is 44.1 Å². The lowest BCUT2D eigenvalue weighted by molar-refractivity contribution is 0.0715. The molecule has 2 atom stereocenters.